The number of aliphatic hydroxyl groups is 1. The lowest BCUT2D eigenvalue weighted by Crippen LogP contribution is -2.21. The predicted molar refractivity (Wildman–Crippen MR) is 74.3 cm³/mol. The van der Waals surface area contributed by atoms with Gasteiger partial charge in [0, 0.05) is 12.5 Å². The molecule has 2 aromatic carbocycles. The summed E-state index contributed by atoms with van der Waals surface area (Å²) in [6.07, 6.45) is -0.804. The summed E-state index contributed by atoms with van der Waals surface area (Å²) in [5.41, 5.74) is 8.00. The average molecular weight is 259 g/mol. The van der Waals surface area contributed by atoms with E-state index in [1.807, 2.05) is 31.2 Å². The fraction of sp³-hybridized carbons (Fsp3) is 0.250. The summed E-state index contributed by atoms with van der Waals surface area (Å²) in [5.74, 6) is -0.771. The molecule has 2 unspecified atom stereocenters. The molecule has 0 aliphatic carbocycles. The molecule has 0 saturated heterocycles. The Morgan fingerprint density at radius 1 is 1.16 bits per heavy atom. The second-order valence-electron chi connectivity index (χ2n) is 4.72. The standard InChI is InChI=1S/C16H18FNO/c1-11-5-4-6-12(9-11)16(19)14(10-18)13-7-2-3-8-15(13)17/h2-9,14,16,19H,10,18H2,1H3. The molecule has 0 aromatic heterocycles. The van der Waals surface area contributed by atoms with Crippen LogP contribution in [0.25, 0.3) is 0 Å². The Morgan fingerprint density at radius 2 is 1.89 bits per heavy atom. The highest BCUT2D eigenvalue weighted by molar-refractivity contribution is 5.30. The smallest absolute Gasteiger partial charge is 0.126 e. The van der Waals surface area contributed by atoms with Crippen molar-refractivity contribution in [1.29, 1.82) is 0 Å². The quantitative estimate of drug-likeness (QED) is 0.886. The van der Waals surface area contributed by atoms with E-state index in [1.165, 1.54) is 6.07 Å². The number of rotatable bonds is 4. The third kappa shape index (κ3) is 3.00. The monoisotopic (exact) mass is 259 g/mol. The first-order valence-electron chi connectivity index (χ1n) is 6.32. The van der Waals surface area contributed by atoms with Gasteiger partial charge < -0.3 is 10.8 Å². The van der Waals surface area contributed by atoms with Gasteiger partial charge in [-0.05, 0) is 24.1 Å². The lowest BCUT2D eigenvalue weighted by Gasteiger charge is -2.23. The van der Waals surface area contributed by atoms with Crippen molar-refractivity contribution >= 4 is 0 Å². The van der Waals surface area contributed by atoms with Crippen LogP contribution in [0, 0.1) is 12.7 Å². The molecule has 0 bridgehead atoms. The van der Waals surface area contributed by atoms with Gasteiger partial charge in [0.05, 0.1) is 6.10 Å². The van der Waals surface area contributed by atoms with E-state index in [9.17, 15) is 9.50 Å². The van der Waals surface area contributed by atoms with Crippen LogP contribution in [0.15, 0.2) is 48.5 Å². The van der Waals surface area contributed by atoms with Crippen LogP contribution in [0.2, 0.25) is 0 Å². The Labute approximate surface area is 112 Å². The van der Waals surface area contributed by atoms with Crippen LogP contribution < -0.4 is 5.73 Å². The van der Waals surface area contributed by atoms with Crippen molar-refractivity contribution < 1.29 is 9.50 Å². The van der Waals surface area contributed by atoms with E-state index in [2.05, 4.69) is 0 Å². The van der Waals surface area contributed by atoms with E-state index < -0.39 is 12.0 Å². The number of nitrogens with two attached hydrogens (primary N) is 1. The van der Waals surface area contributed by atoms with Gasteiger partial charge in [-0.3, -0.25) is 0 Å². The lowest BCUT2D eigenvalue weighted by molar-refractivity contribution is 0.145. The summed E-state index contributed by atoms with van der Waals surface area (Å²) in [4.78, 5) is 0. The van der Waals surface area contributed by atoms with Crippen molar-refractivity contribution in [1.82, 2.24) is 0 Å². The first kappa shape index (κ1) is 13.7. The Hall–Kier alpha value is -1.71. The molecular weight excluding hydrogens is 241 g/mol. The number of hydrogen-bond acceptors (Lipinski definition) is 2. The Balaban J connectivity index is 2.35. The molecule has 0 aliphatic heterocycles. The Morgan fingerprint density at radius 3 is 2.53 bits per heavy atom. The highest BCUT2D eigenvalue weighted by atomic mass is 19.1. The summed E-state index contributed by atoms with van der Waals surface area (Å²) in [7, 11) is 0. The van der Waals surface area contributed by atoms with Crippen molar-refractivity contribution in [3.8, 4) is 0 Å². The van der Waals surface area contributed by atoms with Crippen LogP contribution in [0.5, 0.6) is 0 Å². The summed E-state index contributed by atoms with van der Waals surface area (Å²) in [6, 6.07) is 14.0. The largest absolute Gasteiger partial charge is 0.388 e. The van der Waals surface area contributed by atoms with Crippen LogP contribution in [-0.4, -0.2) is 11.7 Å². The van der Waals surface area contributed by atoms with Crippen LogP contribution in [0.4, 0.5) is 4.39 Å². The van der Waals surface area contributed by atoms with Gasteiger partial charge in [-0.1, -0.05) is 48.0 Å². The molecule has 0 spiro atoms. The van der Waals surface area contributed by atoms with Gasteiger partial charge in [0.1, 0.15) is 5.82 Å². The fourth-order valence-electron chi connectivity index (χ4n) is 2.29. The molecule has 0 aliphatic rings. The molecule has 0 heterocycles. The molecular formula is C16H18FNO. The van der Waals surface area contributed by atoms with Gasteiger partial charge in [0.25, 0.3) is 0 Å². The maximum atomic E-state index is 13.8. The van der Waals surface area contributed by atoms with Gasteiger partial charge >= 0.3 is 0 Å². The third-order valence-corrected chi connectivity index (χ3v) is 3.32. The molecule has 3 N–H and O–H groups in total. The lowest BCUT2D eigenvalue weighted by atomic mass is 9.88. The second kappa shape index (κ2) is 5.95. The van der Waals surface area contributed by atoms with E-state index in [4.69, 9.17) is 5.73 Å². The van der Waals surface area contributed by atoms with E-state index >= 15 is 0 Å². The molecule has 2 atom stereocenters. The Kier molecular flexibility index (Phi) is 4.30. The highest BCUT2D eigenvalue weighted by Crippen LogP contribution is 2.31. The molecule has 100 valence electrons. The van der Waals surface area contributed by atoms with Crippen molar-refractivity contribution in [2.75, 3.05) is 6.54 Å². The van der Waals surface area contributed by atoms with Crippen molar-refractivity contribution in [3.05, 3.63) is 71.0 Å². The molecule has 2 nitrogen and oxygen atoms in total. The van der Waals surface area contributed by atoms with Crippen LogP contribution in [-0.2, 0) is 0 Å². The van der Waals surface area contributed by atoms with E-state index in [1.54, 1.807) is 18.2 Å². The van der Waals surface area contributed by atoms with E-state index in [0.717, 1.165) is 11.1 Å². The van der Waals surface area contributed by atoms with Gasteiger partial charge in [-0.15, -0.1) is 0 Å². The fourth-order valence-corrected chi connectivity index (χ4v) is 2.29. The summed E-state index contributed by atoms with van der Waals surface area (Å²) in [6.45, 7) is 2.15. The molecule has 0 fully saturated rings. The summed E-state index contributed by atoms with van der Waals surface area (Å²) >= 11 is 0. The molecule has 2 aromatic rings. The predicted octanol–water partition coefficient (Wildman–Crippen LogP) is 2.91. The summed E-state index contributed by atoms with van der Waals surface area (Å²) < 4.78 is 13.8. The van der Waals surface area contributed by atoms with Crippen LogP contribution >= 0.6 is 0 Å². The number of benzene rings is 2. The summed E-state index contributed by atoms with van der Waals surface area (Å²) in [5, 5.41) is 10.4. The number of aliphatic hydroxyl groups excluding tert-OH is 1. The second-order valence-corrected chi connectivity index (χ2v) is 4.72. The SMILES string of the molecule is Cc1cccc(C(O)C(CN)c2ccccc2F)c1. The van der Waals surface area contributed by atoms with Crippen molar-refractivity contribution in [3.63, 3.8) is 0 Å². The minimum atomic E-state index is -0.804. The normalized spacial score (nSPS) is 14.1. The van der Waals surface area contributed by atoms with Gasteiger partial charge in [0.2, 0.25) is 0 Å². The van der Waals surface area contributed by atoms with Crippen molar-refractivity contribution in [2.45, 2.75) is 18.9 Å². The number of halogens is 1. The van der Waals surface area contributed by atoms with Crippen molar-refractivity contribution in [2.24, 2.45) is 5.73 Å². The van der Waals surface area contributed by atoms with Crippen LogP contribution in [0.1, 0.15) is 28.7 Å². The number of aryl methyl sites for hydroxylation is 1. The maximum absolute atomic E-state index is 13.8. The molecule has 2 rings (SSSR count). The van der Waals surface area contributed by atoms with Gasteiger partial charge in [0.15, 0.2) is 0 Å². The minimum Gasteiger partial charge on any atom is -0.388 e. The maximum Gasteiger partial charge on any atom is 0.126 e. The van der Waals surface area contributed by atoms with Gasteiger partial charge in [-0.2, -0.15) is 0 Å². The molecule has 3 heteroatoms. The molecule has 0 amide bonds. The zero-order valence-corrected chi connectivity index (χ0v) is 10.9. The zero-order chi connectivity index (χ0) is 13.8. The van der Waals surface area contributed by atoms with E-state index in [-0.39, 0.29) is 12.4 Å². The topological polar surface area (TPSA) is 46.2 Å². The first-order valence-corrected chi connectivity index (χ1v) is 6.32. The molecule has 0 radical (unpaired) electrons. The van der Waals surface area contributed by atoms with E-state index in [0.29, 0.717) is 5.56 Å². The number of hydrogen-bond donors (Lipinski definition) is 2. The zero-order valence-electron chi connectivity index (χ0n) is 10.9. The van der Waals surface area contributed by atoms with Gasteiger partial charge in [-0.25, -0.2) is 4.39 Å². The third-order valence-electron chi connectivity index (χ3n) is 3.32. The minimum absolute atomic E-state index is 0.191. The molecule has 0 saturated carbocycles. The Bertz CT molecular complexity index is 556. The highest BCUT2D eigenvalue weighted by Gasteiger charge is 2.23. The average Bonchev–Trinajstić information content (AvgIpc) is 2.41. The van der Waals surface area contributed by atoms with Crippen LogP contribution in [0.3, 0.4) is 0 Å². The molecule has 19 heavy (non-hydrogen) atoms. The first-order chi connectivity index (χ1) is 9.13.